The molecule has 3 rings (SSSR count). The van der Waals surface area contributed by atoms with Crippen LogP contribution in [-0.2, 0) is 14.4 Å². The fourth-order valence-electron chi connectivity index (χ4n) is 6.85. The van der Waals surface area contributed by atoms with E-state index in [2.05, 4.69) is 22.5 Å². The first-order chi connectivity index (χ1) is 17.8. The number of hydroxylamine groups is 1. The molecule has 1 aliphatic carbocycles. The zero-order chi connectivity index (χ0) is 26.8. The van der Waals surface area contributed by atoms with Crippen molar-refractivity contribution in [3.63, 3.8) is 0 Å². The molecule has 2 saturated heterocycles. The second-order valence-electron chi connectivity index (χ2n) is 12.2. The third-order valence-electron chi connectivity index (χ3n) is 9.45. The van der Waals surface area contributed by atoms with Crippen molar-refractivity contribution in [1.82, 2.24) is 21.0 Å². The average Bonchev–Trinajstić information content (AvgIpc) is 3.22. The van der Waals surface area contributed by atoms with Crippen LogP contribution in [0.15, 0.2) is 0 Å². The minimum atomic E-state index is -0.696. The van der Waals surface area contributed by atoms with Gasteiger partial charge in [0.1, 0.15) is 6.04 Å². The molecule has 4 N–H and O–H groups in total. The molecule has 37 heavy (non-hydrogen) atoms. The lowest BCUT2D eigenvalue weighted by molar-refractivity contribution is -0.140. The topological polar surface area (TPSA) is 111 Å². The van der Waals surface area contributed by atoms with Gasteiger partial charge in [-0.05, 0) is 62.8 Å². The number of amides is 3. The van der Waals surface area contributed by atoms with Crippen LogP contribution in [0.25, 0.3) is 0 Å². The van der Waals surface area contributed by atoms with Crippen molar-refractivity contribution >= 4 is 17.7 Å². The van der Waals surface area contributed by atoms with E-state index in [1.165, 1.54) is 64.2 Å². The van der Waals surface area contributed by atoms with Crippen LogP contribution in [0.1, 0.15) is 104 Å². The van der Waals surface area contributed by atoms with Crippen LogP contribution in [-0.4, -0.2) is 59.5 Å². The SMILES string of the molecule is CC1CCC2C(C1)C1CC(NC(=O)C(C)C(C)C(=O)NO)C(=O)NCCCCCCCCCCCN2C1. The van der Waals surface area contributed by atoms with E-state index in [4.69, 9.17) is 5.21 Å². The lowest BCUT2D eigenvalue weighted by atomic mass is 9.73. The first kappa shape index (κ1) is 29.9. The predicted octanol–water partition coefficient (Wildman–Crippen LogP) is 4.02. The van der Waals surface area contributed by atoms with Crippen molar-refractivity contribution in [2.75, 3.05) is 19.6 Å². The molecule has 0 spiro atoms. The highest BCUT2D eigenvalue weighted by Gasteiger charge is 2.45. The fourth-order valence-corrected chi connectivity index (χ4v) is 6.85. The van der Waals surface area contributed by atoms with Crippen LogP contribution >= 0.6 is 0 Å². The molecule has 0 aromatic rings. The zero-order valence-electron chi connectivity index (χ0n) is 23.5. The maximum absolute atomic E-state index is 13.4. The van der Waals surface area contributed by atoms with Crippen LogP contribution in [0.4, 0.5) is 0 Å². The Labute approximate surface area is 224 Å². The summed E-state index contributed by atoms with van der Waals surface area (Å²) in [6.07, 6.45) is 15.4. The molecular weight excluding hydrogens is 468 g/mol. The quantitative estimate of drug-likeness (QED) is 0.331. The van der Waals surface area contributed by atoms with Gasteiger partial charge in [0.15, 0.2) is 0 Å². The van der Waals surface area contributed by atoms with Gasteiger partial charge in [-0.3, -0.25) is 24.5 Å². The van der Waals surface area contributed by atoms with Crippen LogP contribution in [0, 0.1) is 29.6 Å². The molecule has 2 heterocycles. The Balaban J connectivity index is 1.74. The molecule has 0 aromatic carbocycles. The lowest BCUT2D eigenvalue weighted by Crippen LogP contribution is -2.51. The molecule has 3 aliphatic rings. The van der Waals surface area contributed by atoms with Crippen LogP contribution < -0.4 is 16.1 Å². The number of hydrogen-bond donors (Lipinski definition) is 4. The van der Waals surface area contributed by atoms with Crippen LogP contribution in [0.5, 0.6) is 0 Å². The summed E-state index contributed by atoms with van der Waals surface area (Å²) in [5, 5.41) is 15.1. The van der Waals surface area contributed by atoms with Gasteiger partial charge in [-0.25, -0.2) is 5.48 Å². The van der Waals surface area contributed by atoms with E-state index in [0.29, 0.717) is 36.8 Å². The van der Waals surface area contributed by atoms with Gasteiger partial charge in [-0.2, -0.15) is 0 Å². The van der Waals surface area contributed by atoms with E-state index >= 15 is 0 Å². The normalized spacial score (nSPS) is 34.1. The van der Waals surface area contributed by atoms with Crippen molar-refractivity contribution in [3.8, 4) is 0 Å². The van der Waals surface area contributed by atoms with Crippen molar-refractivity contribution in [1.29, 1.82) is 0 Å². The smallest absolute Gasteiger partial charge is 0.246 e. The molecule has 3 fully saturated rings. The Kier molecular flexibility index (Phi) is 12.2. The largest absolute Gasteiger partial charge is 0.354 e. The van der Waals surface area contributed by atoms with E-state index in [9.17, 15) is 14.4 Å². The third-order valence-corrected chi connectivity index (χ3v) is 9.45. The molecular formula is C29H52N4O4. The molecule has 8 nitrogen and oxygen atoms in total. The summed E-state index contributed by atoms with van der Waals surface area (Å²) in [6, 6.07) is -0.0176. The summed E-state index contributed by atoms with van der Waals surface area (Å²) < 4.78 is 0. The van der Waals surface area contributed by atoms with Crippen molar-refractivity contribution < 1.29 is 19.6 Å². The van der Waals surface area contributed by atoms with Crippen molar-refractivity contribution in [2.24, 2.45) is 29.6 Å². The molecule has 212 valence electrons. The summed E-state index contributed by atoms with van der Waals surface area (Å²) in [5.74, 6) is -0.743. The summed E-state index contributed by atoms with van der Waals surface area (Å²) in [7, 11) is 0. The number of rotatable bonds is 4. The first-order valence-electron chi connectivity index (χ1n) is 15.1. The Morgan fingerprint density at radius 2 is 1.54 bits per heavy atom. The van der Waals surface area contributed by atoms with Crippen LogP contribution in [0.3, 0.4) is 0 Å². The first-order valence-corrected chi connectivity index (χ1v) is 15.1. The van der Waals surface area contributed by atoms with Gasteiger partial charge in [0.05, 0.1) is 0 Å². The van der Waals surface area contributed by atoms with E-state index in [-0.39, 0.29) is 11.8 Å². The maximum Gasteiger partial charge on any atom is 0.246 e. The Bertz CT molecular complexity index is 747. The Morgan fingerprint density at radius 3 is 2.22 bits per heavy atom. The second-order valence-corrected chi connectivity index (χ2v) is 12.2. The molecule has 8 unspecified atom stereocenters. The molecule has 0 radical (unpaired) electrons. The molecule has 2 bridgehead atoms. The number of hydrogen-bond acceptors (Lipinski definition) is 5. The molecule has 0 aromatic heterocycles. The van der Waals surface area contributed by atoms with Gasteiger partial charge < -0.3 is 10.6 Å². The summed E-state index contributed by atoms with van der Waals surface area (Å²) >= 11 is 0. The second kappa shape index (κ2) is 15.1. The van der Waals surface area contributed by atoms with E-state index < -0.39 is 23.8 Å². The highest BCUT2D eigenvalue weighted by Crippen LogP contribution is 2.44. The highest BCUT2D eigenvalue weighted by atomic mass is 16.5. The number of nitrogens with one attached hydrogen (secondary N) is 3. The molecule has 1 saturated carbocycles. The van der Waals surface area contributed by atoms with Crippen molar-refractivity contribution in [2.45, 2.75) is 116 Å². The van der Waals surface area contributed by atoms with E-state index in [0.717, 1.165) is 25.9 Å². The van der Waals surface area contributed by atoms with Gasteiger partial charge in [-0.1, -0.05) is 65.7 Å². The number of nitrogens with zero attached hydrogens (tertiary/aromatic N) is 1. The molecule has 2 aliphatic heterocycles. The van der Waals surface area contributed by atoms with Gasteiger partial charge >= 0.3 is 0 Å². The molecule has 8 heteroatoms. The molecule has 8 atom stereocenters. The van der Waals surface area contributed by atoms with Crippen LogP contribution in [0.2, 0.25) is 0 Å². The predicted molar refractivity (Wildman–Crippen MR) is 145 cm³/mol. The fraction of sp³-hybridized carbons (Fsp3) is 0.897. The van der Waals surface area contributed by atoms with Gasteiger partial charge in [0.2, 0.25) is 17.7 Å². The number of carbonyl (C=O) groups is 3. The van der Waals surface area contributed by atoms with Gasteiger partial charge in [0, 0.05) is 31.0 Å². The maximum atomic E-state index is 13.4. The van der Waals surface area contributed by atoms with E-state index in [1.807, 2.05) is 0 Å². The standard InChI is InChI=1S/C29H52N4O4/c1-20-13-14-26-24(17-20)23-18-25(31-27(34)21(2)22(3)28(35)32-37)29(36)30-15-11-9-7-5-4-6-8-10-12-16-33(26)19-23/h20-26,37H,4-19H2,1-3H3,(H,30,36)(H,31,34)(H,32,35). The van der Waals surface area contributed by atoms with Gasteiger partial charge in [0.25, 0.3) is 0 Å². The minimum absolute atomic E-state index is 0.111. The van der Waals surface area contributed by atoms with E-state index in [1.54, 1.807) is 19.3 Å². The summed E-state index contributed by atoms with van der Waals surface area (Å²) in [5.41, 5.74) is 1.64. The third kappa shape index (κ3) is 8.67. The Morgan fingerprint density at radius 1 is 0.919 bits per heavy atom. The zero-order valence-corrected chi connectivity index (χ0v) is 23.5. The number of carbonyl (C=O) groups excluding carboxylic acids is 3. The monoisotopic (exact) mass is 520 g/mol. The van der Waals surface area contributed by atoms with Crippen molar-refractivity contribution in [3.05, 3.63) is 0 Å². The average molecular weight is 521 g/mol. The van der Waals surface area contributed by atoms with Gasteiger partial charge in [-0.15, -0.1) is 0 Å². The summed E-state index contributed by atoms with van der Waals surface area (Å²) in [6.45, 7) is 8.40. The minimum Gasteiger partial charge on any atom is -0.354 e. The number of fused-ring (bicyclic) bond motifs is 5. The molecule has 3 amide bonds. The summed E-state index contributed by atoms with van der Waals surface area (Å²) in [4.78, 5) is 41.1. The highest BCUT2D eigenvalue weighted by molar-refractivity contribution is 5.91. The Hall–Kier alpha value is -1.67. The lowest BCUT2D eigenvalue weighted by Gasteiger charge is -2.36.